The van der Waals surface area contributed by atoms with Crippen molar-refractivity contribution in [1.29, 1.82) is 0 Å². The summed E-state index contributed by atoms with van der Waals surface area (Å²) in [5.74, 6) is 0. The van der Waals surface area contributed by atoms with Crippen molar-refractivity contribution in [3.8, 4) is 0 Å². The fourth-order valence-corrected chi connectivity index (χ4v) is 2.06. The second-order valence-corrected chi connectivity index (χ2v) is 4.06. The van der Waals surface area contributed by atoms with Crippen LogP contribution in [0.25, 0.3) is 0 Å². The molecule has 0 aromatic heterocycles. The molecule has 0 spiro atoms. The van der Waals surface area contributed by atoms with E-state index in [9.17, 15) is 0 Å². The van der Waals surface area contributed by atoms with Gasteiger partial charge in [-0.3, -0.25) is 9.89 Å². The van der Waals surface area contributed by atoms with Crippen molar-refractivity contribution in [3.05, 3.63) is 11.8 Å². The van der Waals surface area contributed by atoms with Gasteiger partial charge in [-0.25, -0.2) is 0 Å². The van der Waals surface area contributed by atoms with Crippen molar-refractivity contribution in [1.82, 2.24) is 4.90 Å². The fraction of sp³-hybridized carbons (Fsp3) is 0.727. The summed E-state index contributed by atoms with van der Waals surface area (Å²) < 4.78 is 0. The molecule has 2 heterocycles. The summed E-state index contributed by atoms with van der Waals surface area (Å²) in [7, 11) is 0. The molecule has 2 heteroatoms. The molecule has 0 aliphatic carbocycles. The van der Waals surface area contributed by atoms with Gasteiger partial charge in [0.1, 0.15) is 0 Å². The lowest BCUT2D eigenvalue weighted by Crippen LogP contribution is -2.22. The molecule has 1 fully saturated rings. The maximum absolute atomic E-state index is 4.58. The molecule has 0 N–H and O–H groups in total. The molecule has 72 valence electrons. The molecule has 0 saturated carbocycles. The predicted octanol–water partition coefficient (Wildman–Crippen LogP) is 2.22. The molecular weight excluding hydrogens is 160 g/mol. The van der Waals surface area contributed by atoms with Crippen LogP contribution in [0.15, 0.2) is 16.8 Å². The van der Waals surface area contributed by atoms with Crippen LogP contribution in [0.1, 0.15) is 32.6 Å². The number of hydrogen-bond donors (Lipinski definition) is 0. The standard InChI is InChI=1S/C11H18N2/c1-10-5-4-6-11(12-10)9-13-7-2-3-8-13/h6H,2-5,7-9H2,1H3. The number of nitrogens with zero attached hydrogens (tertiary/aromatic N) is 2. The van der Waals surface area contributed by atoms with Crippen molar-refractivity contribution in [3.63, 3.8) is 0 Å². The molecule has 0 aromatic carbocycles. The van der Waals surface area contributed by atoms with Gasteiger partial charge < -0.3 is 0 Å². The van der Waals surface area contributed by atoms with E-state index in [1.807, 2.05) is 0 Å². The average molecular weight is 178 g/mol. The Morgan fingerprint density at radius 3 is 2.85 bits per heavy atom. The summed E-state index contributed by atoms with van der Waals surface area (Å²) in [6.07, 6.45) is 7.39. The monoisotopic (exact) mass is 178 g/mol. The average Bonchev–Trinajstić information content (AvgIpc) is 2.57. The Bertz CT molecular complexity index is 234. The lowest BCUT2D eigenvalue weighted by atomic mass is 10.1. The van der Waals surface area contributed by atoms with E-state index in [4.69, 9.17) is 0 Å². The summed E-state index contributed by atoms with van der Waals surface area (Å²) >= 11 is 0. The summed E-state index contributed by atoms with van der Waals surface area (Å²) in [6.45, 7) is 5.76. The topological polar surface area (TPSA) is 15.6 Å². The molecule has 0 amide bonds. The third-order valence-electron chi connectivity index (χ3n) is 2.80. The molecule has 13 heavy (non-hydrogen) atoms. The number of hydrogen-bond acceptors (Lipinski definition) is 2. The second-order valence-electron chi connectivity index (χ2n) is 4.06. The Morgan fingerprint density at radius 2 is 2.15 bits per heavy atom. The third-order valence-corrected chi connectivity index (χ3v) is 2.80. The predicted molar refractivity (Wildman–Crippen MR) is 56.1 cm³/mol. The third kappa shape index (κ3) is 2.41. The SMILES string of the molecule is CC1=NC(CN2CCCC2)=CCC1. The quantitative estimate of drug-likeness (QED) is 0.633. The number of rotatable bonds is 2. The van der Waals surface area contributed by atoms with Crippen LogP contribution in [-0.4, -0.2) is 30.2 Å². The maximum atomic E-state index is 4.58. The number of allylic oxidation sites excluding steroid dienone is 1. The van der Waals surface area contributed by atoms with Crippen molar-refractivity contribution in [2.45, 2.75) is 32.6 Å². The van der Waals surface area contributed by atoms with Gasteiger partial charge in [0.15, 0.2) is 0 Å². The van der Waals surface area contributed by atoms with Crippen LogP contribution in [-0.2, 0) is 0 Å². The highest BCUT2D eigenvalue weighted by Crippen LogP contribution is 2.15. The van der Waals surface area contributed by atoms with Gasteiger partial charge in [-0.1, -0.05) is 6.08 Å². The first kappa shape index (κ1) is 8.95. The zero-order chi connectivity index (χ0) is 9.10. The zero-order valence-electron chi connectivity index (χ0n) is 8.42. The van der Waals surface area contributed by atoms with Gasteiger partial charge in [0.25, 0.3) is 0 Å². The van der Waals surface area contributed by atoms with Crippen LogP contribution >= 0.6 is 0 Å². The van der Waals surface area contributed by atoms with Crippen molar-refractivity contribution in [2.75, 3.05) is 19.6 Å². The molecule has 0 unspecified atom stereocenters. The Hall–Kier alpha value is -0.630. The van der Waals surface area contributed by atoms with E-state index >= 15 is 0 Å². The van der Waals surface area contributed by atoms with E-state index in [0.717, 1.165) is 13.0 Å². The molecule has 2 aliphatic heterocycles. The Balaban J connectivity index is 1.90. The molecule has 0 atom stereocenters. The van der Waals surface area contributed by atoms with Crippen LogP contribution in [0.3, 0.4) is 0 Å². The lowest BCUT2D eigenvalue weighted by molar-refractivity contribution is 0.366. The molecule has 0 aromatic rings. The molecule has 0 bridgehead atoms. The van der Waals surface area contributed by atoms with E-state index in [0.29, 0.717) is 0 Å². The largest absolute Gasteiger partial charge is 0.298 e. The van der Waals surface area contributed by atoms with E-state index in [2.05, 4.69) is 22.9 Å². The van der Waals surface area contributed by atoms with E-state index in [1.54, 1.807) is 0 Å². The lowest BCUT2D eigenvalue weighted by Gasteiger charge is -2.17. The highest BCUT2D eigenvalue weighted by atomic mass is 15.1. The molecule has 2 nitrogen and oxygen atoms in total. The van der Waals surface area contributed by atoms with Gasteiger partial charge in [0.2, 0.25) is 0 Å². The van der Waals surface area contributed by atoms with Crippen molar-refractivity contribution < 1.29 is 0 Å². The minimum Gasteiger partial charge on any atom is -0.298 e. The fourth-order valence-electron chi connectivity index (χ4n) is 2.06. The van der Waals surface area contributed by atoms with Gasteiger partial charge in [-0.05, 0) is 45.7 Å². The minimum absolute atomic E-state index is 1.08. The van der Waals surface area contributed by atoms with Crippen LogP contribution in [0, 0.1) is 0 Å². The van der Waals surface area contributed by atoms with E-state index in [1.165, 1.54) is 43.8 Å². The van der Waals surface area contributed by atoms with Gasteiger partial charge in [-0.2, -0.15) is 0 Å². The van der Waals surface area contributed by atoms with Gasteiger partial charge in [0, 0.05) is 12.3 Å². The first-order chi connectivity index (χ1) is 6.34. The minimum atomic E-state index is 1.08. The van der Waals surface area contributed by atoms with Crippen molar-refractivity contribution in [2.24, 2.45) is 4.99 Å². The van der Waals surface area contributed by atoms with Crippen LogP contribution in [0.2, 0.25) is 0 Å². The smallest absolute Gasteiger partial charge is 0.0503 e. The highest BCUT2D eigenvalue weighted by Gasteiger charge is 2.13. The van der Waals surface area contributed by atoms with Crippen molar-refractivity contribution >= 4 is 5.71 Å². The Labute approximate surface area is 80.3 Å². The van der Waals surface area contributed by atoms with E-state index < -0.39 is 0 Å². The van der Waals surface area contributed by atoms with E-state index in [-0.39, 0.29) is 0 Å². The zero-order valence-corrected chi connectivity index (χ0v) is 8.42. The van der Waals surface area contributed by atoms with Gasteiger partial charge >= 0.3 is 0 Å². The number of likely N-dealkylation sites (tertiary alicyclic amines) is 1. The summed E-state index contributed by atoms with van der Waals surface area (Å²) in [5.41, 5.74) is 2.60. The summed E-state index contributed by atoms with van der Waals surface area (Å²) in [5, 5.41) is 0. The van der Waals surface area contributed by atoms with Crippen LogP contribution < -0.4 is 0 Å². The normalized spacial score (nSPS) is 24.4. The first-order valence-electron chi connectivity index (χ1n) is 5.30. The molecule has 2 aliphatic rings. The molecular formula is C11H18N2. The van der Waals surface area contributed by atoms with Gasteiger partial charge in [0.05, 0.1) is 5.70 Å². The number of aliphatic imine (C=N–C) groups is 1. The van der Waals surface area contributed by atoms with Crippen LogP contribution in [0.5, 0.6) is 0 Å². The summed E-state index contributed by atoms with van der Waals surface area (Å²) in [4.78, 5) is 7.09. The van der Waals surface area contributed by atoms with Gasteiger partial charge in [-0.15, -0.1) is 0 Å². The first-order valence-corrected chi connectivity index (χ1v) is 5.30. The Morgan fingerprint density at radius 1 is 1.38 bits per heavy atom. The molecule has 1 saturated heterocycles. The molecule has 0 radical (unpaired) electrons. The highest BCUT2D eigenvalue weighted by molar-refractivity contribution is 5.83. The molecule has 2 rings (SSSR count). The maximum Gasteiger partial charge on any atom is 0.0503 e. The Kier molecular flexibility index (Phi) is 2.79. The second kappa shape index (κ2) is 4.05. The summed E-state index contributed by atoms with van der Waals surface area (Å²) in [6, 6.07) is 0. The van der Waals surface area contributed by atoms with Crippen LogP contribution in [0.4, 0.5) is 0 Å².